The molecule has 0 fully saturated rings. The summed E-state index contributed by atoms with van der Waals surface area (Å²) in [6, 6.07) is 6.18. The number of methoxy groups -OCH3 is 1. The summed E-state index contributed by atoms with van der Waals surface area (Å²) in [5.41, 5.74) is 1.28. The third-order valence-corrected chi connectivity index (χ3v) is 2.79. The van der Waals surface area contributed by atoms with Crippen LogP contribution in [0.4, 0.5) is 0 Å². The summed E-state index contributed by atoms with van der Waals surface area (Å²) in [6.45, 7) is 7.02. The summed E-state index contributed by atoms with van der Waals surface area (Å²) < 4.78 is 10.9. The third kappa shape index (κ3) is 4.44. The van der Waals surface area contributed by atoms with Crippen LogP contribution in [-0.2, 0) is 6.42 Å². The first-order chi connectivity index (χ1) is 8.71. The predicted molar refractivity (Wildman–Crippen MR) is 76.5 cm³/mol. The van der Waals surface area contributed by atoms with Gasteiger partial charge in [-0.2, -0.15) is 0 Å². The summed E-state index contributed by atoms with van der Waals surface area (Å²) in [4.78, 5) is 0. The Hall–Kier alpha value is -1.44. The summed E-state index contributed by atoms with van der Waals surface area (Å²) in [6.07, 6.45) is 6.61. The molecule has 0 aromatic heterocycles. The van der Waals surface area contributed by atoms with Crippen LogP contribution in [0.5, 0.6) is 11.5 Å². The van der Waals surface area contributed by atoms with E-state index < -0.39 is 0 Å². The second-order valence-corrected chi connectivity index (χ2v) is 4.44. The predicted octanol–water partition coefficient (Wildman–Crippen LogP) is 4.24. The Balaban J connectivity index is 2.75. The Labute approximate surface area is 111 Å². The SMILES string of the molecule is CC/C=C\C(C)Cc1ccc(OCC)c(OC)c1. The van der Waals surface area contributed by atoms with Gasteiger partial charge >= 0.3 is 0 Å². The van der Waals surface area contributed by atoms with E-state index >= 15 is 0 Å². The zero-order valence-electron chi connectivity index (χ0n) is 11.9. The van der Waals surface area contributed by atoms with Gasteiger partial charge in [-0.05, 0) is 43.4 Å². The number of hydrogen-bond acceptors (Lipinski definition) is 2. The average molecular weight is 248 g/mol. The van der Waals surface area contributed by atoms with Crippen molar-refractivity contribution in [3.63, 3.8) is 0 Å². The van der Waals surface area contributed by atoms with Gasteiger partial charge in [0.2, 0.25) is 0 Å². The van der Waals surface area contributed by atoms with Crippen LogP contribution in [0, 0.1) is 5.92 Å². The van der Waals surface area contributed by atoms with E-state index in [1.807, 2.05) is 13.0 Å². The van der Waals surface area contributed by atoms with E-state index in [-0.39, 0.29) is 0 Å². The zero-order valence-corrected chi connectivity index (χ0v) is 11.9. The minimum absolute atomic E-state index is 0.549. The highest BCUT2D eigenvalue weighted by molar-refractivity contribution is 5.43. The van der Waals surface area contributed by atoms with Crippen molar-refractivity contribution >= 4 is 0 Å². The van der Waals surface area contributed by atoms with E-state index in [2.05, 4.69) is 38.1 Å². The average Bonchev–Trinajstić information content (AvgIpc) is 2.38. The first kappa shape index (κ1) is 14.6. The van der Waals surface area contributed by atoms with Gasteiger partial charge in [-0.1, -0.05) is 32.1 Å². The highest BCUT2D eigenvalue weighted by Gasteiger charge is 2.07. The lowest BCUT2D eigenvalue weighted by Gasteiger charge is -2.12. The maximum Gasteiger partial charge on any atom is 0.161 e. The molecule has 100 valence electrons. The molecule has 18 heavy (non-hydrogen) atoms. The number of benzene rings is 1. The minimum atomic E-state index is 0.549. The molecule has 0 aliphatic heterocycles. The lowest BCUT2D eigenvalue weighted by Crippen LogP contribution is -1.99. The molecular weight excluding hydrogens is 224 g/mol. The Morgan fingerprint density at radius 1 is 1.22 bits per heavy atom. The summed E-state index contributed by atoms with van der Waals surface area (Å²) in [5, 5.41) is 0. The molecule has 1 aromatic carbocycles. The molecule has 2 nitrogen and oxygen atoms in total. The van der Waals surface area contributed by atoms with Gasteiger partial charge in [-0.15, -0.1) is 0 Å². The van der Waals surface area contributed by atoms with E-state index in [4.69, 9.17) is 9.47 Å². The van der Waals surface area contributed by atoms with Crippen molar-refractivity contribution in [2.24, 2.45) is 5.92 Å². The van der Waals surface area contributed by atoms with Gasteiger partial charge in [0.05, 0.1) is 13.7 Å². The lowest BCUT2D eigenvalue weighted by atomic mass is 10.00. The van der Waals surface area contributed by atoms with Crippen LogP contribution in [0.2, 0.25) is 0 Å². The van der Waals surface area contributed by atoms with Crippen LogP contribution in [0.15, 0.2) is 30.4 Å². The molecule has 0 aliphatic rings. The van der Waals surface area contributed by atoms with Crippen LogP contribution in [0.25, 0.3) is 0 Å². The quantitative estimate of drug-likeness (QED) is 0.672. The summed E-state index contributed by atoms with van der Waals surface area (Å²) in [5.74, 6) is 2.19. The fourth-order valence-electron chi connectivity index (χ4n) is 1.92. The van der Waals surface area contributed by atoms with Crippen molar-refractivity contribution < 1.29 is 9.47 Å². The van der Waals surface area contributed by atoms with Crippen molar-refractivity contribution in [2.75, 3.05) is 13.7 Å². The van der Waals surface area contributed by atoms with Gasteiger partial charge in [0.25, 0.3) is 0 Å². The van der Waals surface area contributed by atoms with Gasteiger partial charge in [0, 0.05) is 0 Å². The van der Waals surface area contributed by atoms with Gasteiger partial charge in [-0.3, -0.25) is 0 Å². The summed E-state index contributed by atoms with van der Waals surface area (Å²) >= 11 is 0. The molecule has 1 aromatic rings. The van der Waals surface area contributed by atoms with Crippen LogP contribution in [-0.4, -0.2) is 13.7 Å². The molecule has 0 bridgehead atoms. The largest absolute Gasteiger partial charge is 0.493 e. The van der Waals surface area contributed by atoms with Crippen LogP contribution in [0.1, 0.15) is 32.8 Å². The van der Waals surface area contributed by atoms with E-state index in [9.17, 15) is 0 Å². The first-order valence-electron chi connectivity index (χ1n) is 6.67. The Morgan fingerprint density at radius 2 is 2.00 bits per heavy atom. The van der Waals surface area contributed by atoms with Crippen molar-refractivity contribution in [3.8, 4) is 11.5 Å². The molecule has 2 heteroatoms. The van der Waals surface area contributed by atoms with Gasteiger partial charge < -0.3 is 9.47 Å². The fraction of sp³-hybridized carbons (Fsp3) is 0.500. The van der Waals surface area contributed by atoms with Crippen molar-refractivity contribution in [1.82, 2.24) is 0 Å². The number of hydrogen-bond donors (Lipinski definition) is 0. The van der Waals surface area contributed by atoms with Crippen LogP contribution in [0.3, 0.4) is 0 Å². The number of allylic oxidation sites excluding steroid dienone is 2. The van der Waals surface area contributed by atoms with Gasteiger partial charge in [0.1, 0.15) is 0 Å². The molecular formula is C16H24O2. The zero-order chi connectivity index (χ0) is 13.4. The molecule has 1 rings (SSSR count). The second kappa shape index (κ2) is 7.80. The highest BCUT2D eigenvalue weighted by atomic mass is 16.5. The van der Waals surface area contributed by atoms with Gasteiger partial charge in [-0.25, -0.2) is 0 Å². The van der Waals surface area contributed by atoms with E-state index in [1.165, 1.54) is 5.56 Å². The van der Waals surface area contributed by atoms with Crippen molar-refractivity contribution in [2.45, 2.75) is 33.6 Å². The van der Waals surface area contributed by atoms with E-state index in [0.29, 0.717) is 12.5 Å². The monoisotopic (exact) mass is 248 g/mol. The Bertz CT molecular complexity index is 383. The molecule has 0 aliphatic carbocycles. The molecule has 0 heterocycles. The van der Waals surface area contributed by atoms with Crippen molar-refractivity contribution in [3.05, 3.63) is 35.9 Å². The molecule has 0 radical (unpaired) electrons. The normalized spacial score (nSPS) is 12.7. The lowest BCUT2D eigenvalue weighted by molar-refractivity contribution is 0.310. The molecule has 0 spiro atoms. The number of rotatable bonds is 7. The minimum Gasteiger partial charge on any atom is -0.493 e. The second-order valence-electron chi connectivity index (χ2n) is 4.44. The highest BCUT2D eigenvalue weighted by Crippen LogP contribution is 2.29. The molecule has 0 N–H and O–H groups in total. The third-order valence-electron chi connectivity index (χ3n) is 2.79. The molecule has 0 amide bonds. The maximum atomic E-state index is 5.51. The number of ether oxygens (including phenoxy) is 2. The van der Waals surface area contributed by atoms with E-state index in [1.54, 1.807) is 7.11 Å². The molecule has 1 atom stereocenters. The Morgan fingerprint density at radius 3 is 2.61 bits per heavy atom. The standard InChI is InChI=1S/C16H24O2/c1-5-7-8-13(3)11-14-9-10-15(18-6-2)16(12-14)17-4/h7-10,12-13H,5-6,11H2,1-4H3/b8-7-. The van der Waals surface area contributed by atoms with Crippen molar-refractivity contribution in [1.29, 1.82) is 0 Å². The van der Waals surface area contributed by atoms with Crippen LogP contribution >= 0.6 is 0 Å². The van der Waals surface area contributed by atoms with Crippen LogP contribution < -0.4 is 9.47 Å². The molecule has 0 saturated heterocycles. The molecule has 0 saturated carbocycles. The fourth-order valence-corrected chi connectivity index (χ4v) is 1.92. The smallest absolute Gasteiger partial charge is 0.161 e. The topological polar surface area (TPSA) is 18.5 Å². The van der Waals surface area contributed by atoms with E-state index in [0.717, 1.165) is 24.3 Å². The Kier molecular flexibility index (Phi) is 6.34. The summed E-state index contributed by atoms with van der Waals surface area (Å²) in [7, 11) is 1.68. The van der Waals surface area contributed by atoms with Gasteiger partial charge in [0.15, 0.2) is 11.5 Å². The first-order valence-corrected chi connectivity index (χ1v) is 6.67. The molecule has 1 unspecified atom stereocenters. The maximum absolute atomic E-state index is 5.51.